The lowest BCUT2D eigenvalue weighted by atomic mass is 10.1. The Morgan fingerprint density at radius 3 is 2.39 bits per heavy atom. The van der Waals surface area contributed by atoms with Crippen LogP contribution in [-0.2, 0) is 11.3 Å². The molecule has 2 aliphatic rings. The van der Waals surface area contributed by atoms with E-state index in [1.165, 1.54) is 0 Å². The Balaban J connectivity index is 1.16. The standard InChI is InChI=1S/C27H30N8O/c36-26(33-10-1-2-11-33)19-34-17-23(15-31-34)20-4-3-5-21(12-20)27-29-13-22(14-30-27)24-16-32-35(18-24)25-6-8-28-9-7-25/h3-5,12-18,25,28H,1-2,6-11,19H2. The van der Waals surface area contributed by atoms with Crippen molar-refractivity contribution in [1.29, 1.82) is 0 Å². The number of hydrogen-bond acceptors (Lipinski definition) is 6. The summed E-state index contributed by atoms with van der Waals surface area (Å²) < 4.78 is 3.80. The van der Waals surface area contributed by atoms with E-state index in [0.29, 0.717) is 11.9 Å². The zero-order valence-corrected chi connectivity index (χ0v) is 20.3. The van der Waals surface area contributed by atoms with Crippen LogP contribution in [0.2, 0.25) is 0 Å². The maximum Gasteiger partial charge on any atom is 0.244 e. The number of nitrogens with zero attached hydrogens (tertiary/aromatic N) is 7. The predicted octanol–water partition coefficient (Wildman–Crippen LogP) is 3.42. The first-order valence-corrected chi connectivity index (χ1v) is 12.7. The fourth-order valence-corrected chi connectivity index (χ4v) is 5.03. The van der Waals surface area contributed by atoms with Crippen LogP contribution in [0.1, 0.15) is 31.7 Å². The molecule has 184 valence electrons. The monoisotopic (exact) mass is 482 g/mol. The normalized spacial score (nSPS) is 16.5. The summed E-state index contributed by atoms with van der Waals surface area (Å²) in [6.07, 6.45) is 15.8. The van der Waals surface area contributed by atoms with Gasteiger partial charge in [-0.05, 0) is 50.4 Å². The Morgan fingerprint density at radius 2 is 1.58 bits per heavy atom. The molecule has 1 N–H and O–H groups in total. The average molecular weight is 483 g/mol. The van der Waals surface area contributed by atoms with Gasteiger partial charge in [-0.1, -0.05) is 18.2 Å². The quantitative estimate of drug-likeness (QED) is 0.453. The van der Waals surface area contributed by atoms with Crippen molar-refractivity contribution in [1.82, 2.24) is 39.7 Å². The van der Waals surface area contributed by atoms with Crippen LogP contribution < -0.4 is 5.32 Å². The van der Waals surface area contributed by atoms with Gasteiger partial charge in [0.25, 0.3) is 0 Å². The largest absolute Gasteiger partial charge is 0.341 e. The molecule has 1 amide bonds. The molecule has 3 aromatic heterocycles. The molecule has 9 heteroatoms. The predicted molar refractivity (Wildman–Crippen MR) is 137 cm³/mol. The van der Waals surface area contributed by atoms with E-state index >= 15 is 0 Å². The number of benzene rings is 1. The smallest absolute Gasteiger partial charge is 0.244 e. The second kappa shape index (κ2) is 10.0. The van der Waals surface area contributed by atoms with Gasteiger partial charge < -0.3 is 10.2 Å². The van der Waals surface area contributed by atoms with Crippen molar-refractivity contribution >= 4 is 5.91 Å². The Hall–Kier alpha value is -3.85. The molecule has 36 heavy (non-hydrogen) atoms. The van der Waals surface area contributed by atoms with E-state index in [1.54, 1.807) is 10.9 Å². The minimum absolute atomic E-state index is 0.130. The molecule has 5 heterocycles. The summed E-state index contributed by atoms with van der Waals surface area (Å²) in [4.78, 5) is 23.7. The molecule has 2 fully saturated rings. The summed E-state index contributed by atoms with van der Waals surface area (Å²) in [5.41, 5.74) is 4.91. The molecule has 9 nitrogen and oxygen atoms in total. The van der Waals surface area contributed by atoms with Gasteiger partial charge in [0.05, 0.1) is 18.4 Å². The first-order valence-electron chi connectivity index (χ1n) is 12.7. The summed E-state index contributed by atoms with van der Waals surface area (Å²) in [5.74, 6) is 0.800. The van der Waals surface area contributed by atoms with Crippen molar-refractivity contribution < 1.29 is 4.79 Å². The van der Waals surface area contributed by atoms with E-state index in [0.717, 1.165) is 79.7 Å². The molecule has 0 bridgehead atoms. The summed E-state index contributed by atoms with van der Waals surface area (Å²) >= 11 is 0. The van der Waals surface area contributed by atoms with Crippen molar-refractivity contribution in [2.45, 2.75) is 38.3 Å². The van der Waals surface area contributed by atoms with E-state index in [-0.39, 0.29) is 12.5 Å². The number of rotatable bonds is 6. The highest BCUT2D eigenvalue weighted by Crippen LogP contribution is 2.26. The maximum absolute atomic E-state index is 12.5. The molecular weight excluding hydrogens is 452 g/mol. The van der Waals surface area contributed by atoms with E-state index in [2.05, 4.69) is 42.4 Å². The van der Waals surface area contributed by atoms with Gasteiger partial charge in [0.1, 0.15) is 6.54 Å². The Kier molecular flexibility index (Phi) is 6.29. The fraction of sp³-hybridized carbons (Fsp3) is 0.370. The molecule has 4 aromatic rings. The van der Waals surface area contributed by atoms with Crippen LogP contribution in [0.25, 0.3) is 33.6 Å². The van der Waals surface area contributed by atoms with Crippen LogP contribution in [0, 0.1) is 0 Å². The average Bonchev–Trinajstić information content (AvgIpc) is 3.72. The molecule has 2 aliphatic heterocycles. The number of piperidine rings is 1. The second-order valence-electron chi connectivity index (χ2n) is 9.58. The third-order valence-electron chi connectivity index (χ3n) is 7.11. The molecule has 0 unspecified atom stereocenters. The third kappa shape index (κ3) is 4.79. The number of carbonyl (C=O) groups excluding carboxylic acids is 1. The van der Waals surface area contributed by atoms with Crippen molar-refractivity contribution in [3.05, 3.63) is 61.4 Å². The van der Waals surface area contributed by atoms with Crippen molar-refractivity contribution in [2.75, 3.05) is 26.2 Å². The molecular formula is C27H30N8O. The maximum atomic E-state index is 12.5. The number of likely N-dealkylation sites (tertiary alicyclic amines) is 1. The second-order valence-corrected chi connectivity index (χ2v) is 9.58. The first kappa shape index (κ1) is 22.6. The summed E-state index contributed by atoms with van der Waals surface area (Å²) in [6, 6.07) is 8.56. The van der Waals surface area contributed by atoms with Gasteiger partial charge in [-0.15, -0.1) is 0 Å². The van der Waals surface area contributed by atoms with Crippen LogP contribution in [0.4, 0.5) is 0 Å². The number of hydrogen-bond donors (Lipinski definition) is 1. The Bertz CT molecular complexity index is 1330. The molecule has 6 rings (SSSR count). The minimum Gasteiger partial charge on any atom is -0.341 e. The van der Waals surface area contributed by atoms with E-state index < -0.39 is 0 Å². The van der Waals surface area contributed by atoms with Gasteiger partial charge in [-0.2, -0.15) is 10.2 Å². The van der Waals surface area contributed by atoms with Crippen LogP contribution >= 0.6 is 0 Å². The van der Waals surface area contributed by atoms with Gasteiger partial charge in [0, 0.05) is 60.1 Å². The van der Waals surface area contributed by atoms with E-state index in [4.69, 9.17) is 0 Å². The Morgan fingerprint density at radius 1 is 0.861 bits per heavy atom. The molecule has 0 radical (unpaired) electrons. The highest BCUT2D eigenvalue weighted by molar-refractivity contribution is 5.76. The van der Waals surface area contributed by atoms with E-state index in [1.807, 2.05) is 47.9 Å². The van der Waals surface area contributed by atoms with Crippen LogP contribution in [0.5, 0.6) is 0 Å². The van der Waals surface area contributed by atoms with Gasteiger partial charge >= 0.3 is 0 Å². The summed E-state index contributed by atoms with van der Waals surface area (Å²) in [5, 5.41) is 12.4. The molecule has 0 atom stereocenters. The SMILES string of the molecule is O=C(Cn1cc(-c2cccc(-c3ncc(-c4cnn(C5CCNCC5)c4)cn3)c2)cn1)N1CCCC1. The lowest BCUT2D eigenvalue weighted by Gasteiger charge is -2.22. The lowest BCUT2D eigenvalue weighted by molar-refractivity contribution is -0.130. The minimum atomic E-state index is 0.130. The third-order valence-corrected chi connectivity index (χ3v) is 7.11. The number of amides is 1. The number of nitrogens with one attached hydrogen (secondary N) is 1. The fourth-order valence-electron chi connectivity index (χ4n) is 5.03. The van der Waals surface area contributed by atoms with Crippen LogP contribution in [0.3, 0.4) is 0 Å². The van der Waals surface area contributed by atoms with Crippen LogP contribution in [0.15, 0.2) is 61.4 Å². The van der Waals surface area contributed by atoms with Gasteiger partial charge in [0.15, 0.2) is 5.82 Å². The Labute approximate surface area is 210 Å². The molecule has 0 saturated carbocycles. The zero-order chi connectivity index (χ0) is 24.3. The first-order chi connectivity index (χ1) is 17.7. The number of carbonyl (C=O) groups is 1. The lowest BCUT2D eigenvalue weighted by Crippen LogP contribution is -2.31. The van der Waals surface area contributed by atoms with Crippen molar-refractivity contribution in [3.63, 3.8) is 0 Å². The van der Waals surface area contributed by atoms with Crippen molar-refractivity contribution in [3.8, 4) is 33.6 Å². The molecule has 0 aliphatic carbocycles. The molecule has 0 spiro atoms. The number of aromatic nitrogens is 6. The highest BCUT2D eigenvalue weighted by Gasteiger charge is 2.19. The van der Waals surface area contributed by atoms with E-state index in [9.17, 15) is 4.79 Å². The topological polar surface area (TPSA) is 93.8 Å². The van der Waals surface area contributed by atoms with Gasteiger partial charge in [-0.25, -0.2) is 9.97 Å². The van der Waals surface area contributed by atoms with Crippen molar-refractivity contribution in [2.24, 2.45) is 0 Å². The molecule has 2 saturated heterocycles. The van der Waals surface area contributed by atoms with Gasteiger partial charge in [0.2, 0.25) is 5.91 Å². The summed E-state index contributed by atoms with van der Waals surface area (Å²) in [7, 11) is 0. The highest BCUT2D eigenvalue weighted by atomic mass is 16.2. The van der Waals surface area contributed by atoms with Crippen LogP contribution in [-0.4, -0.2) is 66.5 Å². The summed E-state index contributed by atoms with van der Waals surface area (Å²) in [6.45, 7) is 4.06. The zero-order valence-electron chi connectivity index (χ0n) is 20.3. The van der Waals surface area contributed by atoms with Gasteiger partial charge in [-0.3, -0.25) is 14.2 Å². The molecule has 1 aromatic carbocycles.